The molecule has 0 unspecified atom stereocenters. The minimum Gasteiger partial charge on any atom is -0.378 e. The standard InChI is InChI=1S/C19H22FN5O/c1-13-12-16-17(21-7-6-14-2-4-15(20)5-3-14)23-19(24-18(16)22-13)25-8-10-26-11-9-25/h2-5,12H,6-11H2,1H3,(H2,21,22,23,24). The molecule has 0 saturated carbocycles. The fourth-order valence-electron chi connectivity index (χ4n) is 3.14. The summed E-state index contributed by atoms with van der Waals surface area (Å²) in [6.07, 6.45) is 0.794. The van der Waals surface area contributed by atoms with Gasteiger partial charge in [0.1, 0.15) is 17.3 Å². The summed E-state index contributed by atoms with van der Waals surface area (Å²) in [5.74, 6) is 1.33. The number of hydrogen-bond donors (Lipinski definition) is 2. The fourth-order valence-corrected chi connectivity index (χ4v) is 3.14. The van der Waals surface area contributed by atoms with Gasteiger partial charge in [0.25, 0.3) is 0 Å². The summed E-state index contributed by atoms with van der Waals surface area (Å²) in [5.41, 5.74) is 2.97. The van der Waals surface area contributed by atoms with Gasteiger partial charge in [-0.2, -0.15) is 9.97 Å². The van der Waals surface area contributed by atoms with E-state index in [1.807, 2.05) is 19.1 Å². The maximum Gasteiger partial charge on any atom is 0.229 e. The molecule has 26 heavy (non-hydrogen) atoms. The number of aromatic nitrogens is 3. The van der Waals surface area contributed by atoms with Crippen LogP contribution in [0.2, 0.25) is 0 Å². The lowest BCUT2D eigenvalue weighted by atomic mass is 10.1. The minimum atomic E-state index is -0.211. The Morgan fingerprint density at radius 2 is 1.96 bits per heavy atom. The maximum atomic E-state index is 13.0. The molecule has 1 aromatic carbocycles. The highest BCUT2D eigenvalue weighted by atomic mass is 19.1. The SMILES string of the molecule is Cc1cc2c(NCCc3ccc(F)cc3)nc(N3CCOCC3)nc2[nH]1. The number of benzene rings is 1. The molecule has 3 aromatic rings. The first-order valence-electron chi connectivity index (χ1n) is 8.87. The largest absolute Gasteiger partial charge is 0.378 e. The van der Waals surface area contributed by atoms with Gasteiger partial charge in [-0.1, -0.05) is 12.1 Å². The highest BCUT2D eigenvalue weighted by Crippen LogP contribution is 2.24. The van der Waals surface area contributed by atoms with Gasteiger partial charge >= 0.3 is 0 Å². The molecule has 0 bridgehead atoms. The van der Waals surface area contributed by atoms with Gasteiger partial charge in [-0.25, -0.2) is 4.39 Å². The van der Waals surface area contributed by atoms with Crippen molar-refractivity contribution in [3.8, 4) is 0 Å². The van der Waals surface area contributed by atoms with Gasteiger partial charge in [0.05, 0.1) is 18.6 Å². The number of anilines is 2. The zero-order valence-corrected chi connectivity index (χ0v) is 14.8. The Kier molecular flexibility index (Phi) is 4.71. The number of nitrogens with one attached hydrogen (secondary N) is 2. The lowest BCUT2D eigenvalue weighted by Gasteiger charge is -2.27. The Labute approximate surface area is 151 Å². The Hall–Kier alpha value is -2.67. The molecule has 1 aliphatic heterocycles. The molecular formula is C19H22FN5O. The summed E-state index contributed by atoms with van der Waals surface area (Å²) in [4.78, 5) is 14.9. The summed E-state index contributed by atoms with van der Waals surface area (Å²) in [5, 5.41) is 4.41. The number of aromatic amines is 1. The number of halogens is 1. The van der Waals surface area contributed by atoms with E-state index in [4.69, 9.17) is 9.72 Å². The van der Waals surface area contributed by atoms with Crippen LogP contribution < -0.4 is 10.2 Å². The van der Waals surface area contributed by atoms with Crippen LogP contribution in [0.25, 0.3) is 11.0 Å². The Bertz CT molecular complexity index is 887. The normalized spacial score (nSPS) is 14.8. The monoisotopic (exact) mass is 355 g/mol. The zero-order valence-electron chi connectivity index (χ0n) is 14.8. The molecule has 0 aliphatic carbocycles. The molecule has 2 aromatic heterocycles. The van der Waals surface area contributed by atoms with Crippen LogP contribution in [0.5, 0.6) is 0 Å². The molecule has 0 atom stereocenters. The summed E-state index contributed by atoms with van der Waals surface area (Å²) in [6.45, 7) is 5.69. The number of morpholine rings is 1. The summed E-state index contributed by atoms with van der Waals surface area (Å²) in [6, 6.07) is 8.66. The second-order valence-corrected chi connectivity index (χ2v) is 6.49. The first kappa shape index (κ1) is 16.8. The van der Waals surface area contributed by atoms with E-state index in [2.05, 4.69) is 26.3 Å². The number of aryl methyl sites for hydroxylation is 1. The van der Waals surface area contributed by atoms with Crippen molar-refractivity contribution >= 4 is 22.8 Å². The second kappa shape index (κ2) is 7.29. The molecule has 6 nitrogen and oxygen atoms in total. The number of hydrogen-bond acceptors (Lipinski definition) is 5. The van der Waals surface area contributed by atoms with Crippen molar-refractivity contribution in [2.75, 3.05) is 43.1 Å². The van der Waals surface area contributed by atoms with E-state index in [0.717, 1.165) is 47.6 Å². The third-order valence-corrected chi connectivity index (χ3v) is 4.52. The smallest absolute Gasteiger partial charge is 0.229 e. The minimum absolute atomic E-state index is 0.211. The number of ether oxygens (including phenoxy) is 1. The summed E-state index contributed by atoms with van der Waals surface area (Å²) < 4.78 is 18.4. The Balaban J connectivity index is 1.54. The predicted octanol–water partition coefficient (Wildman–Crippen LogP) is 2.90. The van der Waals surface area contributed by atoms with Crippen molar-refractivity contribution in [2.45, 2.75) is 13.3 Å². The number of H-pyrrole nitrogens is 1. The van der Waals surface area contributed by atoms with Crippen LogP contribution >= 0.6 is 0 Å². The molecule has 1 saturated heterocycles. The molecule has 0 spiro atoms. The Morgan fingerprint density at radius 3 is 2.73 bits per heavy atom. The van der Waals surface area contributed by atoms with Crippen LogP contribution in [0.3, 0.4) is 0 Å². The van der Waals surface area contributed by atoms with E-state index in [1.165, 1.54) is 12.1 Å². The van der Waals surface area contributed by atoms with Gasteiger partial charge in [-0.05, 0) is 37.1 Å². The Morgan fingerprint density at radius 1 is 1.19 bits per heavy atom. The number of rotatable bonds is 5. The van der Waals surface area contributed by atoms with Crippen molar-refractivity contribution in [3.05, 3.63) is 47.4 Å². The lowest BCUT2D eigenvalue weighted by Crippen LogP contribution is -2.37. The quantitative estimate of drug-likeness (QED) is 0.737. The van der Waals surface area contributed by atoms with Crippen LogP contribution in [-0.4, -0.2) is 47.8 Å². The van der Waals surface area contributed by atoms with E-state index < -0.39 is 0 Å². The van der Waals surface area contributed by atoms with Crippen molar-refractivity contribution in [1.29, 1.82) is 0 Å². The molecule has 1 aliphatic rings. The van der Waals surface area contributed by atoms with Gasteiger partial charge in [0.2, 0.25) is 5.95 Å². The zero-order chi connectivity index (χ0) is 17.9. The topological polar surface area (TPSA) is 66.1 Å². The van der Waals surface area contributed by atoms with E-state index >= 15 is 0 Å². The number of nitrogens with zero attached hydrogens (tertiary/aromatic N) is 3. The molecule has 7 heteroatoms. The molecule has 136 valence electrons. The maximum absolute atomic E-state index is 13.0. The van der Waals surface area contributed by atoms with E-state index in [-0.39, 0.29) is 5.82 Å². The number of fused-ring (bicyclic) bond motifs is 1. The average Bonchev–Trinajstić information content (AvgIpc) is 3.04. The van der Waals surface area contributed by atoms with Crippen molar-refractivity contribution in [2.24, 2.45) is 0 Å². The van der Waals surface area contributed by atoms with Crippen molar-refractivity contribution in [3.63, 3.8) is 0 Å². The summed E-state index contributed by atoms with van der Waals surface area (Å²) >= 11 is 0. The van der Waals surface area contributed by atoms with E-state index in [0.29, 0.717) is 25.7 Å². The second-order valence-electron chi connectivity index (χ2n) is 6.49. The lowest BCUT2D eigenvalue weighted by molar-refractivity contribution is 0.122. The molecule has 3 heterocycles. The molecular weight excluding hydrogens is 333 g/mol. The van der Waals surface area contributed by atoms with E-state index in [1.54, 1.807) is 0 Å². The van der Waals surface area contributed by atoms with Crippen LogP contribution in [0.15, 0.2) is 30.3 Å². The molecule has 4 rings (SSSR count). The predicted molar refractivity (Wildman–Crippen MR) is 100 cm³/mol. The van der Waals surface area contributed by atoms with Crippen LogP contribution in [-0.2, 0) is 11.2 Å². The van der Waals surface area contributed by atoms with Crippen LogP contribution in [0.4, 0.5) is 16.2 Å². The average molecular weight is 355 g/mol. The van der Waals surface area contributed by atoms with Crippen molar-refractivity contribution < 1.29 is 9.13 Å². The molecule has 2 N–H and O–H groups in total. The third-order valence-electron chi connectivity index (χ3n) is 4.52. The summed E-state index contributed by atoms with van der Waals surface area (Å²) in [7, 11) is 0. The van der Waals surface area contributed by atoms with Crippen molar-refractivity contribution in [1.82, 2.24) is 15.0 Å². The molecule has 0 radical (unpaired) electrons. The van der Waals surface area contributed by atoms with Gasteiger partial charge in [0.15, 0.2) is 0 Å². The van der Waals surface area contributed by atoms with Crippen LogP contribution in [0.1, 0.15) is 11.3 Å². The van der Waals surface area contributed by atoms with Gasteiger partial charge in [-0.3, -0.25) is 0 Å². The van der Waals surface area contributed by atoms with E-state index in [9.17, 15) is 4.39 Å². The highest BCUT2D eigenvalue weighted by Gasteiger charge is 2.17. The van der Waals surface area contributed by atoms with Gasteiger partial charge in [-0.15, -0.1) is 0 Å². The molecule has 1 fully saturated rings. The van der Waals surface area contributed by atoms with Gasteiger partial charge < -0.3 is 19.9 Å². The highest BCUT2D eigenvalue weighted by molar-refractivity contribution is 5.89. The molecule has 0 amide bonds. The first-order chi connectivity index (χ1) is 12.7. The van der Waals surface area contributed by atoms with Crippen LogP contribution in [0, 0.1) is 12.7 Å². The first-order valence-corrected chi connectivity index (χ1v) is 8.87. The fraction of sp³-hybridized carbons (Fsp3) is 0.368. The third kappa shape index (κ3) is 3.62. The van der Waals surface area contributed by atoms with Gasteiger partial charge in [0, 0.05) is 25.3 Å².